The third-order valence-corrected chi connectivity index (χ3v) is 10.8. The quantitative estimate of drug-likeness (QED) is 0.147. The van der Waals surface area contributed by atoms with Crippen LogP contribution < -0.4 is 4.90 Å². The third-order valence-electron chi connectivity index (χ3n) is 10.8. The molecule has 9 aromatic carbocycles. The van der Waals surface area contributed by atoms with Crippen LogP contribution in [-0.2, 0) is 0 Å². The molecule has 0 amide bonds. The van der Waals surface area contributed by atoms with E-state index >= 15 is 0 Å². The van der Waals surface area contributed by atoms with Crippen LogP contribution in [-0.4, -0.2) is 9.55 Å². The van der Waals surface area contributed by atoms with Gasteiger partial charge in [-0.05, 0) is 99.6 Å². The molecule has 274 valence electrons. The van der Waals surface area contributed by atoms with Gasteiger partial charge in [0.25, 0.3) is 0 Å². The van der Waals surface area contributed by atoms with Gasteiger partial charge in [0.1, 0.15) is 5.82 Å². The number of benzene rings is 9. The molecule has 58 heavy (non-hydrogen) atoms. The maximum atomic E-state index is 5.20. The Morgan fingerprint density at radius 3 is 1.22 bits per heavy atom. The van der Waals surface area contributed by atoms with Gasteiger partial charge in [0, 0.05) is 33.9 Å². The number of imidazole rings is 1. The number of nitrogens with zero attached hydrogens (tertiary/aromatic N) is 3. The van der Waals surface area contributed by atoms with Crippen LogP contribution in [0.1, 0.15) is 0 Å². The summed E-state index contributed by atoms with van der Waals surface area (Å²) in [6, 6.07) is 84.0. The lowest BCUT2D eigenvalue weighted by molar-refractivity contribution is 1.10. The van der Waals surface area contributed by atoms with Crippen molar-refractivity contribution in [3.8, 4) is 61.6 Å². The van der Waals surface area contributed by atoms with Crippen LogP contribution in [0.25, 0.3) is 72.6 Å². The Bertz CT molecular complexity index is 2850. The van der Waals surface area contributed by atoms with E-state index in [0.717, 1.165) is 67.4 Å². The summed E-state index contributed by atoms with van der Waals surface area (Å²) in [5, 5.41) is 0. The second-order valence-corrected chi connectivity index (χ2v) is 14.4. The van der Waals surface area contributed by atoms with Gasteiger partial charge in [0.05, 0.1) is 11.0 Å². The molecule has 0 aliphatic heterocycles. The van der Waals surface area contributed by atoms with E-state index in [1.807, 2.05) is 6.07 Å². The second kappa shape index (κ2) is 15.4. The van der Waals surface area contributed by atoms with Gasteiger partial charge in [-0.3, -0.25) is 4.57 Å². The Balaban J connectivity index is 1.03. The van der Waals surface area contributed by atoms with Crippen molar-refractivity contribution in [3.63, 3.8) is 0 Å². The van der Waals surface area contributed by atoms with E-state index in [-0.39, 0.29) is 0 Å². The molecule has 0 aliphatic rings. The van der Waals surface area contributed by atoms with Crippen molar-refractivity contribution in [2.45, 2.75) is 0 Å². The molecule has 0 saturated carbocycles. The number of rotatable bonds is 9. The SMILES string of the molecule is c1ccc(-c2ccc(N(c3ccc(-c4ccccc4)cc3)c3ccc(-c4cccc(-c5cccc6nc(-c7ccccc7)n(-c7ccccc7)c56)c4)cc3)cc2)cc1. The molecule has 0 aliphatic carbocycles. The van der Waals surface area contributed by atoms with Gasteiger partial charge in [0.15, 0.2) is 0 Å². The first kappa shape index (κ1) is 34.7. The first-order valence-corrected chi connectivity index (χ1v) is 19.7. The highest BCUT2D eigenvalue weighted by atomic mass is 15.1. The van der Waals surface area contributed by atoms with E-state index in [0.29, 0.717) is 0 Å². The molecular weight excluding hydrogens is 703 g/mol. The molecule has 0 fully saturated rings. The van der Waals surface area contributed by atoms with Crippen LogP contribution in [0.2, 0.25) is 0 Å². The third kappa shape index (κ3) is 6.76. The second-order valence-electron chi connectivity index (χ2n) is 14.4. The normalized spacial score (nSPS) is 11.1. The number of fused-ring (bicyclic) bond motifs is 1. The van der Waals surface area contributed by atoms with E-state index in [9.17, 15) is 0 Å². The maximum absolute atomic E-state index is 5.20. The zero-order chi connectivity index (χ0) is 38.7. The molecule has 1 aromatic heterocycles. The highest BCUT2D eigenvalue weighted by Crippen LogP contribution is 2.40. The number of hydrogen-bond donors (Lipinski definition) is 0. The molecule has 10 aromatic rings. The Morgan fingerprint density at radius 2 is 0.707 bits per heavy atom. The smallest absolute Gasteiger partial charge is 0.145 e. The molecule has 0 N–H and O–H groups in total. The minimum absolute atomic E-state index is 0.926. The van der Waals surface area contributed by atoms with Gasteiger partial charge in [-0.25, -0.2) is 4.98 Å². The highest BCUT2D eigenvalue weighted by Gasteiger charge is 2.19. The minimum atomic E-state index is 0.926. The first-order valence-electron chi connectivity index (χ1n) is 19.7. The van der Waals surface area contributed by atoms with Crippen molar-refractivity contribution in [2.75, 3.05) is 4.90 Å². The van der Waals surface area contributed by atoms with Gasteiger partial charge in [-0.15, -0.1) is 0 Å². The van der Waals surface area contributed by atoms with Crippen LogP contribution in [0.3, 0.4) is 0 Å². The molecule has 1 heterocycles. The average Bonchev–Trinajstić information content (AvgIpc) is 3.71. The summed E-state index contributed by atoms with van der Waals surface area (Å²) < 4.78 is 2.30. The van der Waals surface area contributed by atoms with E-state index in [1.54, 1.807) is 0 Å². The lowest BCUT2D eigenvalue weighted by atomic mass is 9.97. The molecule has 10 rings (SSSR count). The summed E-state index contributed by atoms with van der Waals surface area (Å²) in [6.07, 6.45) is 0. The fraction of sp³-hybridized carbons (Fsp3) is 0. The van der Waals surface area contributed by atoms with Gasteiger partial charge < -0.3 is 4.90 Å². The van der Waals surface area contributed by atoms with Crippen molar-refractivity contribution in [1.29, 1.82) is 0 Å². The number of aromatic nitrogens is 2. The van der Waals surface area contributed by atoms with Crippen LogP contribution in [0.4, 0.5) is 17.1 Å². The summed E-state index contributed by atoms with van der Waals surface area (Å²) in [4.78, 5) is 7.53. The molecule has 0 atom stereocenters. The van der Waals surface area contributed by atoms with Crippen molar-refractivity contribution >= 4 is 28.1 Å². The monoisotopic (exact) mass is 741 g/mol. The summed E-state index contributed by atoms with van der Waals surface area (Å²) in [7, 11) is 0. The Morgan fingerprint density at radius 1 is 0.310 bits per heavy atom. The number of anilines is 3. The topological polar surface area (TPSA) is 21.1 Å². The molecule has 3 nitrogen and oxygen atoms in total. The van der Waals surface area contributed by atoms with E-state index in [4.69, 9.17) is 4.98 Å². The van der Waals surface area contributed by atoms with Gasteiger partial charge in [-0.1, -0.05) is 176 Å². The van der Waals surface area contributed by atoms with Crippen LogP contribution in [0, 0.1) is 0 Å². The molecule has 0 radical (unpaired) electrons. The Labute approximate surface area is 339 Å². The summed E-state index contributed by atoms with van der Waals surface area (Å²) in [5.74, 6) is 0.926. The molecule has 3 heteroatoms. The zero-order valence-corrected chi connectivity index (χ0v) is 31.9. The lowest BCUT2D eigenvalue weighted by Gasteiger charge is -2.26. The summed E-state index contributed by atoms with van der Waals surface area (Å²) in [6.45, 7) is 0. The molecule has 0 spiro atoms. The Kier molecular flexibility index (Phi) is 9.23. The van der Waals surface area contributed by atoms with Crippen LogP contribution >= 0.6 is 0 Å². The first-order chi connectivity index (χ1) is 28.8. The largest absolute Gasteiger partial charge is 0.311 e. The molecular formula is C55H39N3. The van der Waals surface area contributed by atoms with Crippen LogP contribution in [0.15, 0.2) is 237 Å². The van der Waals surface area contributed by atoms with E-state index < -0.39 is 0 Å². The predicted molar refractivity (Wildman–Crippen MR) is 243 cm³/mol. The van der Waals surface area contributed by atoms with Crippen molar-refractivity contribution < 1.29 is 0 Å². The average molecular weight is 742 g/mol. The molecule has 0 bridgehead atoms. The minimum Gasteiger partial charge on any atom is -0.311 e. The summed E-state index contributed by atoms with van der Waals surface area (Å²) in [5.41, 5.74) is 16.9. The fourth-order valence-corrected chi connectivity index (χ4v) is 7.95. The Hall–Kier alpha value is -7.75. The van der Waals surface area contributed by atoms with E-state index in [1.165, 1.54) is 22.3 Å². The number of hydrogen-bond acceptors (Lipinski definition) is 2. The highest BCUT2D eigenvalue weighted by molar-refractivity contribution is 5.97. The van der Waals surface area contributed by atoms with E-state index in [2.05, 4.69) is 240 Å². The van der Waals surface area contributed by atoms with Gasteiger partial charge in [0.2, 0.25) is 0 Å². The number of para-hydroxylation sites is 2. The zero-order valence-electron chi connectivity index (χ0n) is 31.9. The fourth-order valence-electron chi connectivity index (χ4n) is 7.95. The van der Waals surface area contributed by atoms with Crippen molar-refractivity contribution in [2.24, 2.45) is 0 Å². The maximum Gasteiger partial charge on any atom is 0.145 e. The summed E-state index contributed by atoms with van der Waals surface area (Å²) >= 11 is 0. The van der Waals surface area contributed by atoms with Crippen molar-refractivity contribution in [1.82, 2.24) is 9.55 Å². The van der Waals surface area contributed by atoms with Crippen molar-refractivity contribution in [3.05, 3.63) is 237 Å². The molecule has 0 unspecified atom stereocenters. The van der Waals surface area contributed by atoms with Gasteiger partial charge >= 0.3 is 0 Å². The molecule has 0 saturated heterocycles. The predicted octanol–water partition coefficient (Wildman–Crippen LogP) is 14.8. The van der Waals surface area contributed by atoms with Crippen LogP contribution in [0.5, 0.6) is 0 Å². The van der Waals surface area contributed by atoms with Gasteiger partial charge in [-0.2, -0.15) is 0 Å². The standard InChI is InChI=1S/C55H39N3/c1-5-15-40(16-6-1)42-27-33-49(34-28-42)57(50-35-29-43(30-36-50)41-17-7-2-8-18-41)51-37-31-44(32-38-51)46-21-13-22-47(39-46)52-25-14-26-53-54(52)58(48-23-11-4-12-24-48)55(56-53)45-19-9-3-10-20-45/h1-39H. The lowest BCUT2D eigenvalue weighted by Crippen LogP contribution is -2.09.